The summed E-state index contributed by atoms with van der Waals surface area (Å²) in [5.74, 6) is 0.767. The van der Waals surface area contributed by atoms with Crippen molar-refractivity contribution in [1.82, 2.24) is 0 Å². The van der Waals surface area contributed by atoms with E-state index in [-0.39, 0.29) is 6.29 Å². The van der Waals surface area contributed by atoms with Gasteiger partial charge in [0.2, 0.25) is 0 Å². The summed E-state index contributed by atoms with van der Waals surface area (Å²) >= 11 is 0. The highest BCUT2D eigenvalue weighted by molar-refractivity contribution is 4.83. The molecule has 0 amide bonds. The quantitative estimate of drug-likeness (QED) is 0.625. The SMILES string of the molecule is CCOC(CCOC1CC(C)CC(C)(C)C1)OCC. The fraction of sp³-hybridized carbons (Fsp3) is 1.00. The first-order valence-corrected chi connectivity index (χ1v) is 7.81. The Morgan fingerprint density at radius 3 is 2.26 bits per heavy atom. The lowest BCUT2D eigenvalue weighted by Crippen LogP contribution is -2.33. The van der Waals surface area contributed by atoms with Crippen molar-refractivity contribution in [3.8, 4) is 0 Å². The van der Waals surface area contributed by atoms with Gasteiger partial charge in [0.1, 0.15) is 0 Å². The lowest BCUT2D eigenvalue weighted by molar-refractivity contribution is -0.151. The maximum atomic E-state index is 6.05. The second-order valence-electron chi connectivity index (χ2n) is 6.54. The molecule has 1 aliphatic rings. The molecule has 3 nitrogen and oxygen atoms in total. The molecule has 0 saturated heterocycles. The number of ether oxygens (including phenoxy) is 3. The molecule has 0 aliphatic heterocycles. The Hall–Kier alpha value is -0.120. The van der Waals surface area contributed by atoms with Gasteiger partial charge < -0.3 is 14.2 Å². The Kier molecular flexibility index (Phi) is 7.33. The van der Waals surface area contributed by atoms with E-state index in [1.165, 1.54) is 19.3 Å². The topological polar surface area (TPSA) is 27.7 Å². The van der Waals surface area contributed by atoms with Crippen LogP contribution in [0.4, 0.5) is 0 Å². The molecule has 2 atom stereocenters. The molecule has 0 heterocycles. The van der Waals surface area contributed by atoms with Gasteiger partial charge in [-0.1, -0.05) is 20.8 Å². The van der Waals surface area contributed by atoms with E-state index in [1.54, 1.807) is 0 Å². The van der Waals surface area contributed by atoms with Gasteiger partial charge in [0.05, 0.1) is 12.7 Å². The largest absolute Gasteiger partial charge is 0.378 e. The molecule has 0 bridgehead atoms. The van der Waals surface area contributed by atoms with Crippen LogP contribution >= 0.6 is 0 Å². The van der Waals surface area contributed by atoms with Crippen LogP contribution in [-0.2, 0) is 14.2 Å². The van der Waals surface area contributed by atoms with Crippen LogP contribution in [0, 0.1) is 11.3 Å². The van der Waals surface area contributed by atoms with E-state index in [2.05, 4.69) is 20.8 Å². The predicted octanol–water partition coefficient (Wildman–Crippen LogP) is 4.01. The van der Waals surface area contributed by atoms with Crippen molar-refractivity contribution in [2.45, 2.75) is 72.7 Å². The summed E-state index contributed by atoms with van der Waals surface area (Å²) in [7, 11) is 0. The summed E-state index contributed by atoms with van der Waals surface area (Å²) < 4.78 is 17.1. The van der Waals surface area contributed by atoms with Crippen molar-refractivity contribution in [2.24, 2.45) is 11.3 Å². The van der Waals surface area contributed by atoms with Crippen molar-refractivity contribution >= 4 is 0 Å². The zero-order valence-corrected chi connectivity index (χ0v) is 13.4. The van der Waals surface area contributed by atoms with Crippen LogP contribution in [-0.4, -0.2) is 32.2 Å². The summed E-state index contributed by atoms with van der Waals surface area (Å²) in [4.78, 5) is 0. The third-order valence-corrected chi connectivity index (χ3v) is 3.76. The van der Waals surface area contributed by atoms with Gasteiger partial charge in [-0.25, -0.2) is 0 Å². The van der Waals surface area contributed by atoms with Crippen molar-refractivity contribution in [3.05, 3.63) is 0 Å². The van der Waals surface area contributed by atoms with Crippen molar-refractivity contribution in [3.63, 3.8) is 0 Å². The van der Waals surface area contributed by atoms with E-state index in [9.17, 15) is 0 Å². The summed E-state index contributed by atoms with van der Waals surface area (Å²) in [6.45, 7) is 13.1. The molecule has 1 fully saturated rings. The van der Waals surface area contributed by atoms with Gasteiger partial charge in [-0.15, -0.1) is 0 Å². The molecule has 0 N–H and O–H groups in total. The van der Waals surface area contributed by atoms with Crippen molar-refractivity contribution < 1.29 is 14.2 Å². The number of hydrogen-bond donors (Lipinski definition) is 0. The summed E-state index contributed by atoms with van der Waals surface area (Å²) in [6.07, 6.45) is 4.80. The predicted molar refractivity (Wildman–Crippen MR) is 78.2 cm³/mol. The molecule has 1 rings (SSSR count). The van der Waals surface area contributed by atoms with Gasteiger partial charge in [-0.05, 0) is 44.4 Å². The standard InChI is InChI=1S/C16H32O3/c1-6-17-15(18-7-2)8-9-19-14-10-13(3)11-16(4,5)12-14/h13-15H,6-12H2,1-5H3. The fourth-order valence-corrected chi connectivity index (χ4v) is 3.30. The Morgan fingerprint density at radius 1 is 1.11 bits per heavy atom. The van der Waals surface area contributed by atoms with Gasteiger partial charge in [0.25, 0.3) is 0 Å². The molecule has 3 heteroatoms. The van der Waals surface area contributed by atoms with E-state index in [1.807, 2.05) is 13.8 Å². The molecule has 114 valence electrons. The maximum Gasteiger partial charge on any atom is 0.159 e. The first kappa shape index (κ1) is 16.9. The second-order valence-corrected chi connectivity index (χ2v) is 6.54. The third-order valence-electron chi connectivity index (χ3n) is 3.76. The van der Waals surface area contributed by atoms with Gasteiger partial charge in [0, 0.05) is 19.6 Å². The smallest absolute Gasteiger partial charge is 0.159 e. The number of rotatable bonds is 8. The first-order chi connectivity index (χ1) is 8.96. The van der Waals surface area contributed by atoms with Crippen LogP contribution in [0.25, 0.3) is 0 Å². The molecule has 0 aromatic rings. The molecule has 0 aromatic heterocycles. The van der Waals surface area contributed by atoms with Gasteiger partial charge in [0.15, 0.2) is 6.29 Å². The highest BCUT2D eigenvalue weighted by atomic mass is 16.7. The Bertz CT molecular complexity index is 234. The molecule has 1 aliphatic carbocycles. The van der Waals surface area contributed by atoms with Crippen molar-refractivity contribution in [2.75, 3.05) is 19.8 Å². The molecule has 19 heavy (non-hydrogen) atoms. The summed E-state index contributed by atoms with van der Waals surface area (Å²) in [6, 6.07) is 0. The minimum Gasteiger partial charge on any atom is -0.378 e. The molecule has 0 aromatic carbocycles. The molecule has 1 saturated carbocycles. The third kappa shape index (κ3) is 6.73. The number of hydrogen-bond acceptors (Lipinski definition) is 3. The van der Waals surface area contributed by atoms with Crippen LogP contribution in [0.5, 0.6) is 0 Å². The fourth-order valence-electron chi connectivity index (χ4n) is 3.30. The van der Waals surface area contributed by atoms with E-state index < -0.39 is 0 Å². The minimum absolute atomic E-state index is 0.107. The normalized spacial score (nSPS) is 26.8. The zero-order chi connectivity index (χ0) is 14.3. The molecule has 0 spiro atoms. The van der Waals surface area contributed by atoms with E-state index in [4.69, 9.17) is 14.2 Å². The molecular formula is C16H32O3. The van der Waals surface area contributed by atoms with Gasteiger partial charge in [-0.2, -0.15) is 0 Å². The molecule has 0 radical (unpaired) electrons. The Balaban J connectivity index is 2.27. The Labute approximate surface area is 119 Å². The lowest BCUT2D eigenvalue weighted by Gasteiger charge is -2.38. The second kappa shape index (κ2) is 8.23. The van der Waals surface area contributed by atoms with E-state index in [0.717, 1.165) is 18.9 Å². The zero-order valence-electron chi connectivity index (χ0n) is 13.4. The van der Waals surface area contributed by atoms with Crippen molar-refractivity contribution in [1.29, 1.82) is 0 Å². The van der Waals surface area contributed by atoms with Crippen LogP contribution in [0.2, 0.25) is 0 Å². The van der Waals surface area contributed by atoms with Crippen LogP contribution in [0.1, 0.15) is 60.3 Å². The monoisotopic (exact) mass is 272 g/mol. The highest BCUT2D eigenvalue weighted by Gasteiger charge is 2.32. The maximum absolute atomic E-state index is 6.05. The van der Waals surface area contributed by atoms with E-state index >= 15 is 0 Å². The summed E-state index contributed by atoms with van der Waals surface area (Å²) in [5, 5.41) is 0. The highest BCUT2D eigenvalue weighted by Crippen LogP contribution is 2.39. The van der Waals surface area contributed by atoms with E-state index in [0.29, 0.717) is 24.7 Å². The minimum atomic E-state index is -0.107. The van der Waals surface area contributed by atoms with Crippen LogP contribution in [0.15, 0.2) is 0 Å². The van der Waals surface area contributed by atoms with Crippen LogP contribution < -0.4 is 0 Å². The average molecular weight is 272 g/mol. The lowest BCUT2D eigenvalue weighted by atomic mass is 9.71. The van der Waals surface area contributed by atoms with Gasteiger partial charge >= 0.3 is 0 Å². The van der Waals surface area contributed by atoms with Gasteiger partial charge in [-0.3, -0.25) is 0 Å². The van der Waals surface area contributed by atoms with Crippen LogP contribution in [0.3, 0.4) is 0 Å². The molecule has 2 unspecified atom stereocenters. The average Bonchev–Trinajstić information content (AvgIpc) is 2.26. The Morgan fingerprint density at radius 2 is 1.74 bits per heavy atom. The molecular weight excluding hydrogens is 240 g/mol. The summed E-state index contributed by atoms with van der Waals surface area (Å²) in [5.41, 5.74) is 0.418. The first-order valence-electron chi connectivity index (χ1n) is 7.81.